The summed E-state index contributed by atoms with van der Waals surface area (Å²) in [7, 11) is 0.223. The number of halogens is 1. The molecule has 6 heteroatoms. The van der Waals surface area contributed by atoms with Crippen molar-refractivity contribution < 1.29 is 14.2 Å². The van der Waals surface area contributed by atoms with E-state index in [0.717, 1.165) is 5.69 Å². The van der Waals surface area contributed by atoms with Crippen molar-refractivity contribution in [3.63, 3.8) is 0 Å². The van der Waals surface area contributed by atoms with Crippen LogP contribution in [0.25, 0.3) is 5.65 Å². The Bertz CT molecular complexity index is 632. The molecule has 0 aliphatic carbocycles. The third-order valence-electron chi connectivity index (χ3n) is 3.76. The van der Waals surface area contributed by atoms with Crippen LogP contribution >= 0.6 is 0 Å². The first kappa shape index (κ1) is 15.0. The normalized spacial score (nSPS) is 12.9. The molecular weight excluding hydrogens is 258 g/mol. The number of rotatable bonds is 4. The molecule has 0 unspecified atom stereocenters. The van der Waals surface area contributed by atoms with Crippen molar-refractivity contribution in [3.8, 4) is 0 Å². The first-order valence-corrected chi connectivity index (χ1v) is 6.60. The molecule has 0 bridgehead atoms. The molecule has 2 heterocycles. The molecule has 0 radical (unpaired) electrons. The molecule has 0 fully saturated rings. The molecule has 20 heavy (non-hydrogen) atoms. The summed E-state index contributed by atoms with van der Waals surface area (Å²) < 4.78 is 21.3. The van der Waals surface area contributed by atoms with Crippen LogP contribution in [0.2, 0.25) is 0 Å². The molecule has 0 atom stereocenters. The van der Waals surface area contributed by atoms with E-state index in [9.17, 15) is 9.50 Å². The van der Waals surface area contributed by atoms with Gasteiger partial charge in [-0.15, -0.1) is 0 Å². The van der Waals surface area contributed by atoms with Crippen LogP contribution in [-0.2, 0) is 4.65 Å². The minimum absolute atomic E-state index is 0.223. The van der Waals surface area contributed by atoms with Gasteiger partial charge < -0.3 is 14.2 Å². The maximum Gasteiger partial charge on any atom is 0.311 e. The Morgan fingerprint density at radius 2 is 1.95 bits per heavy atom. The second kappa shape index (κ2) is 4.86. The first-order valence-electron chi connectivity index (χ1n) is 6.60. The van der Waals surface area contributed by atoms with Gasteiger partial charge in [-0.3, -0.25) is 0 Å². The van der Waals surface area contributed by atoms with Gasteiger partial charge in [0.25, 0.3) is 0 Å². The standard InChI is InChI=1S/C14H20BFN2O2/c1-9-7-18-8-10(6-11(16)12(18)17-9)15-20-14(4,5)13(2,3)19/h6-8,15,19H,1-5H3. The van der Waals surface area contributed by atoms with E-state index in [2.05, 4.69) is 4.98 Å². The van der Waals surface area contributed by atoms with Crippen LogP contribution < -0.4 is 5.46 Å². The topological polar surface area (TPSA) is 46.8 Å². The van der Waals surface area contributed by atoms with E-state index < -0.39 is 11.2 Å². The second-order valence-corrected chi connectivity index (χ2v) is 6.17. The van der Waals surface area contributed by atoms with Gasteiger partial charge in [0.15, 0.2) is 11.5 Å². The molecule has 0 spiro atoms. The first-order chi connectivity index (χ1) is 9.10. The van der Waals surface area contributed by atoms with Crippen molar-refractivity contribution in [2.75, 3.05) is 0 Å². The molecular formula is C14H20BFN2O2. The van der Waals surface area contributed by atoms with Gasteiger partial charge in [-0.05, 0) is 46.1 Å². The van der Waals surface area contributed by atoms with E-state index in [1.54, 1.807) is 30.6 Å². The number of aromatic nitrogens is 2. The third kappa shape index (κ3) is 2.86. The van der Waals surface area contributed by atoms with Crippen LogP contribution in [0.3, 0.4) is 0 Å². The van der Waals surface area contributed by atoms with Gasteiger partial charge in [0.1, 0.15) is 0 Å². The van der Waals surface area contributed by atoms with E-state index in [0.29, 0.717) is 11.1 Å². The number of aliphatic hydroxyl groups is 1. The highest BCUT2D eigenvalue weighted by molar-refractivity contribution is 6.47. The van der Waals surface area contributed by atoms with Gasteiger partial charge in [-0.1, -0.05) is 0 Å². The van der Waals surface area contributed by atoms with Crippen molar-refractivity contribution in [1.29, 1.82) is 0 Å². The molecule has 4 nitrogen and oxygen atoms in total. The third-order valence-corrected chi connectivity index (χ3v) is 3.76. The number of hydrogen-bond acceptors (Lipinski definition) is 3. The highest BCUT2D eigenvalue weighted by atomic mass is 19.1. The molecule has 0 amide bonds. The molecule has 0 aliphatic rings. The summed E-state index contributed by atoms with van der Waals surface area (Å²) >= 11 is 0. The van der Waals surface area contributed by atoms with Gasteiger partial charge in [0, 0.05) is 12.4 Å². The number of aryl methyl sites for hydroxylation is 1. The van der Waals surface area contributed by atoms with Crippen LogP contribution in [-0.4, -0.2) is 33.2 Å². The Kier molecular flexibility index (Phi) is 3.65. The fourth-order valence-corrected chi connectivity index (χ4v) is 1.75. The van der Waals surface area contributed by atoms with Gasteiger partial charge in [0.05, 0.1) is 16.9 Å². The Labute approximate surface area is 118 Å². The lowest BCUT2D eigenvalue weighted by Gasteiger charge is -2.37. The number of pyridine rings is 1. The summed E-state index contributed by atoms with van der Waals surface area (Å²) in [6, 6.07) is 1.42. The zero-order valence-electron chi connectivity index (χ0n) is 12.6. The average molecular weight is 278 g/mol. The summed E-state index contributed by atoms with van der Waals surface area (Å²) in [6.45, 7) is 8.82. The van der Waals surface area contributed by atoms with Crippen LogP contribution in [0.1, 0.15) is 33.4 Å². The lowest BCUT2D eigenvalue weighted by Crippen LogP contribution is -2.49. The van der Waals surface area contributed by atoms with Crippen molar-refractivity contribution in [2.45, 2.75) is 45.8 Å². The highest BCUT2D eigenvalue weighted by Gasteiger charge is 2.35. The number of fused-ring (bicyclic) bond motifs is 1. The molecule has 0 saturated heterocycles. The van der Waals surface area contributed by atoms with E-state index in [1.165, 1.54) is 6.07 Å². The van der Waals surface area contributed by atoms with Crippen molar-refractivity contribution in [1.82, 2.24) is 9.38 Å². The zero-order valence-corrected chi connectivity index (χ0v) is 12.6. The summed E-state index contributed by atoms with van der Waals surface area (Å²) in [5.41, 5.74) is 0.0568. The molecule has 0 aliphatic heterocycles. The Balaban J connectivity index is 2.22. The molecule has 2 aromatic heterocycles. The fraction of sp³-hybridized carbons (Fsp3) is 0.500. The predicted octanol–water partition coefficient (Wildman–Crippen LogP) is 1.32. The van der Waals surface area contributed by atoms with Crippen LogP contribution in [0.15, 0.2) is 18.5 Å². The Morgan fingerprint density at radius 1 is 1.30 bits per heavy atom. The van der Waals surface area contributed by atoms with Gasteiger partial charge in [-0.25, -0.2) is 9.37 Å². The van der Waals surface area contributed by atoms with Gasteiger partial charge in [-0.2, -0.15) is 0 Å². The predicted molar refractivity (Wildman–Crippen MR) is 78.1 cm³/mol. The monoisotopic (exact) mass is 278 g/mol. The minimum Gasteiger partial charge on any atom is -0.427 e. The summed E-state index contributed by atoms with van der Waals surface area (Å²) in [6.07, 6.45) is 3.56. The zero-order chi connectivity index (χ0) is 15.1. The molecule has 108 valence electrons. The molecule has 2 aromatic rings. The van der Waals surface area contributed by atoms with E-state index in [4.69, 9.17) is 4.65 Å². The maximum absolute atomic E-state index is 13.9. The Hall–Kier alpha value is -1.40. The van der Waals surface area contributed by atoms with Crippen LogP contribution in [0.5, 0.6) is 0 Å². The van der Waals surface area contributed by atoms with Crippen LogP contribution in [0.4, 0.5) is 4.39 Å². The minimum atomic E-state index is -0.985. The van der Waals surface area contributed by atoms with Crippen molar-refractivity contribution >= 4 is 18.6 Å². The maximum atomic E-state index is 13.9. The van der Waals surface area contributed by atoms with Gasteiger partial charge in [0.2, 0.25) is 0 Å². The lowest BCUT2D eigenvalue weighted by atomic mass is 9.83. The fourth-order valence-electron chi connectivity index (χ4n) is 1.75. The average Bonchev–Trinajstić information content (AvgIpc) is 2.66. The highest BCUT2D eigenvalue weighted by Crippen LogP contribution is 2.24. The number of nitrogens with zero attached hydrogens (tertiary/aromatic N) is 2. The van der Waals surface area contributed by atoms with E-state index >= 15 is 0 Å². The largest absolute Gasteiger partial charge is 0.427 e. The second-order valence-electron chi connectivity index (χ2n) is 6.17. The van der Waals surface area contributed by atoms with Crippen molar-refractivity contribution in [2.24, 2.45) is 0 Å². The SMILES string of the molecule is Cc1cn2cc(BOC(C)(C)C(C)(C)O)cc(F)c2n1. The number of hydrogen-bond donors (Lipinski definition) is 1. The van der Waals surface area contributed by atoms with E-state index in [1.807, 2.05) is 20.8 Å². The summed E-state index contributed by atoms with van der Waals surface area (Å²) in [5.74, 6) is -0.375. The Morgan fingerprint density at radius 3 is 2.55 bits per heavy atom. The molecule has 0 aromatic carbocycles. The lowest BCUT2D eigenvalue weighted by molar-refractivity contribution is -0.0893. The molecule has 0 saturated carbocycles. The van der Waals surface area contributed by atoms with Crippen LogP contribution in [0, 0.1) is 12.7 Å². The van der Waals surface area contributed by atoms with Gasteiger partial charge >= 0.3 is 7.48 Å². The van der Waals surface area contributed by atoms with Crippen molar-refractivity contribution in [3.05, 3.63) is 30.0 Å². The quantitative estimate of drug-likeness (QED) is 0.858. The molecule has 1 N–H and O–H groups in total. The smallest absolute Gasteiger partial charge is 0.311 e. The summed E-state index contributed by atoms with van der Waals surface area (Å²) in [5, 5.41) is 10.0. The summed E-state index contributed by atoms with van der Waals surface area (Å²) in [4.78, 5) is 4.11. The molecule has 2 rings (SSSR count). The van der Waals surface area contributed by atoms with E-state index in [-0.39, 0.29) is 13.3 Å². The number of imidazole rings is 1.